The van der Waals surface area contributed by atoms with Crippen LogP contribution in [0.5, 0.6) is 0 Å². The smallest absolute Gasteiger partial charge is 0.278 e. The van der Waals surface area contributed by atoms with Crippen molar-refractivity contribution in [1.29, 1.82) is 0 Å². The molecule has 1 saturated heterocycles. The van der Waals surface area contributed by atoms with Crippen molar-refractivity contribution in [3.05, 3.63) is 40.6 Å². The number of nitro benzene ring substituents is 1. The molecular weight excluding hydrogens is 356 g/mol. The highest BCUT2D eigenvalue weighted by Crippen LogP contribution is 2.33. The van der Waals surface area contributed by atoms with Crippen molar-refractivity contribution in [2.24, 2.45) is 5.92 Å². The highest BCUT2D eigenvalue weighted by Gasteiger charge is 2.26. The Kier molecular flexibility index (Phi) is 5.41. The summed E-state index contributed by atoms with van der Waals surface area (Å²) in [5.41, 5.74) is 1.63. The number of nitro groups is 1. The molecule has 2 aliphatic rings. The molecule has 0 atom stereocenters. The standard InChI is InChI=1S/C21H26N4O3/c26-20(15-16-5-2-1-3-6-16)24-13-11-23(12-14-24)19-9-8-18(25(27)28)17-7-4-10-22-21(17)19/h4,7-10,16H,1-3,5-6,11-15H2. The van der Waals surface area contributed by atoms with Crippen molar-refractivity contribution < 1.29 is 9.72 Å². The zero-order valence-corrected chi connectivity index (χ0v) is 16.0. The third-order valence-electron chi connectivity index (χ3n) is 6.08. The molecule has 7 heteroatoms. The molecule has 28 heavy (non-hydrogen) atoms. The number of piperazine rings is 1. The van der Waals surface area contributed by atoms with Gasteiger partial charge in [0, 0.05) is 44.9 Å². The highest BCUT2D eigenvalue weighted by molar-refractivity contribution is 5.97. The van der Waals surface area contributed by atoms with E-state index in [0.29, 0.717) is 36.3 Å². The molecule has 0 bridgehead atoms. The molecule has 2 heterocycles. The second-order valence-corrected chi connectivity index (χ2v) is 7.84. The van der Waals surface area contributed by atoms with E-state index in [0.717, 1.165) is 18.8 Å². The van der Waals surface area contributed by atoms with Crippen molar-refractivity contribution >= 4 is 28.2 Å². The maximum absolute atomic E-state index is 12.7. The summed E-state index contributed by atoms with van der Waals surface area (Å²) in [5, 5.41) is 11.9. The average molecular weight is 382 g/mol. The van der Waals surface area contributed by atoms with Crippen molar-refractivity contribution in [1.82, 2.24) is 9.88 Å². The molecule has 2 aromatic rings. The summed E-state index contributed by atoms with van der Waals surface area (Å²) in [7, 11) is 0. The summed E-state index contributed by atoms with van der Waals surface area (Å²) in [6.45, 7) is 2.83. The van der Waals surface area contributed by atoms with Gasteiger partial charge >= 0.3 is 0 Å². The van der Waals surface area contributed by atoms with Gasteiger partial charge in [-0.25, -0.2) is 0 Å². The Labute approximate surface area is 164 Å². The van der Waals surface area contributed by atoms with E-state index in [1.807, 2.05) is 4.90 Å². The fraction of sp³-hybridized carbons (Fsp3) is 0.524. The molecule has 1 aliphatic heterocycles. The van der Waals surface area contributed by atoms with E-state index in [2.05, 4.69) is 9.88 Å². The van der Waals surface area contributed by atoms with Gasteiger partial charge in [-0.05, 0) is 37.0 Å². The summed E-state index contributed by atoms with van der Waals surface area (Å²) in [4.78, 5) is 32.2. The monoisotopic (exact) mass is 382 g/mol. The van der Waals surface area contributed by atoms with Crippen LogP contribution in [0.4, 0.5) is 11.4 Å². The number of rotatable bonds is 4. The molecule has 148 valence electrons. The molecule has 0 unspecified atom stereocenters. The maximum Gasteiger partial charge on any atom is 0.278 e. The van der Waals surface area contributed by atoms with Crippen LogP contribution in [0.25, 0.3) is 10.9 Å². The number of hydrogen-bond acceptors (Lipinski definition) is 5. The van der Waals surface area contributed by atoms with Gasteiger partial charge in [0.05, 0.1) is 16.0 Å². The first-order valence-electron chi connectivity index (χ1n) is 10.2. The van der Waals surface area contributed by atoms with E-state index in [1.54, 1.807) is 30.5 Å². The van der Waals surface area contributed by atoms with Gasteiger partial charge in [0.25, 0.3) is 5.69 Å². The van der Waals surface area contributed by atoms with E-state index < -0.39 is 0 Å². The van der Waals surface area contributed by atoms with Crippen molar-refractivity contribution in [3.8, 4) is 0 Å². The lowest BCUT2D eigenvalue weighted by atomic mass is 9.86. The maximum atomic E-state index is 12.7. The number of amides is 1. The number of non-ortho nitro benzene ring substituents is 1. The average Bonchev–Trinajstić information content (AvgIpc) is 2.73. The molecule has 1 aromatic carbocycles. The number of hydrogen-bond donors (Lipinski definition) is 0. The molecule has 0 spiro atoms. The van der Waals surface area contributed by atoms with Crippen LogP contribution < -0.4 is 4.90 Å². The van der Waals surface area contributed by atoms with Gasteiger partial charge in [-0.2, -0.15) is 0 Å². The Morgan fingerprint density at radius 1 is 1.11 bits per heavy atom. The second kappa shape index (κ2) is 8.12. The van der Waals surface area contributed by atoms with E-state index >= 15 is 0 Å². The third kappa shape index (κ3) is 3.79. The third-order valence-corrected chi connectivity index (χ3v) is 6.08. The zero-order chi connectivity index (χ0) is 19.5. The summed E-state index contributed by atoms with van der Waals surface area (Å²) < 4.78 is 0. The van der Waals surface area contributed by atoms with E-state index in [-0.39, 0.29) is 16.5 Å². The molecule has 1 aliphatic carbocycles. The van der Waals surface area contributed by atoms with Crippen LogP contribution in [0.15, 0.2) is 30.5 Å². The zero-order valence-electron chi connectivity index (χ0n) is 16.0. The minimum absolute atomic E-state index is 0.0770. The van der Waals surface area contributed by atoms with Crippen molar-refractivity contribution in [2.45, 2.75) is 38.5 Å². The molecule has 1 amide bonds. The number of fused-ring (bicyclic) bond motifs is 1. The Morgan fingerprint density at radius 3 is 2.57 bits per heavy atom. The molecule has 1 aromatic heterocycles. The van der Waals surface area contributed by atoms with Crippen molar-refractivity contribution in [3.63, 3.8) is 0 Å². The topological polar surface area (TPSA) is 79.6 Å². The molecular formula is C21H26N4O3. The van der Waals surface area contributed by atoms with Crippen LogP contribution in [-0.4, -0.2) is 46.9 Å². The quantitative estimate of drug-likeness (QED) is 0.594. The highest BCUT2D eigenvalue weighted by atomic mass is 16.6. The first-order chi connectivity index (χ1) is 13.6. The minimum atomic E-state index is -0.365. The van der Waals surface area contributed by atoms with Crippen molar-refractivity contribution in [2.75, 3.05) is 31.1 Å². The molecule has 7 nitrogen and oxygen atoms in total. The fourth-order valence-corrected chi connectivity index (χ4v) is 4.52. The molecule has 2 fully saturated rings. The predicted octanol–water partition coefficient (Wildman–Crippen LogP) is 3.76. The Hall–Kier alpha value is -2.70. The van der Waals surface area contributed by atoms with Crippen LogP contribution >= 0.6 is 0 Å². The van der Waals surface area contributed by atoms with E-state index in [4.69, 9.17) is 0 Å². The first kappa shape index (κ1) is 18.7. The number of carbonyl (C=O) groups is 1. The van der Waals surface area contributed by atoms with E-state index in [1.165, 1.54) is 32.1 Å². The lowest BCUT2D eigenvalue weighted by Gasteiger charge is -2.37. The van der Waals surface area contributed by atoms with Crippen LogP contribution in [-0.2, 0) is 4.79 Å². The fourth-order valence-electron chi connectivity index (χ4n) is 4.52. The Balaban J connectivity index is 1.44. The van der Waals surface area contributed by atoms with Gasteiger partial charge in [0.1, 0.15) is 5.52 Å². The van der Waals surface area contributed by atoms with Crippen LogP contribution in [0, 0.1) is 16.0 Å². The number of carbonyl (C=O) groups excluding carboxylic acids is 1. The van der Waals surface area contributed by atoms with Gasteiger partial charge in [-0.3, -0.25) is 19.9 Å². The predicted molar refractivity (Wildman–Crippen MR) is 108 cm³/mol. The summed E-state index contributed by atoms with van der Waals surface area (Å²) in [6, 6.07) is 6.81. The number of pyridine rings is 1. The first-order valence-corrected chi connectivity index (χ1v) is 10.2. The lowest BCUT2D eigenvalue weighted by Crippen LogP contribution is -2.49. The van der Waals surface area contributed by atoms with Gasteiger partial charge in [0.2, 0.25) is 5.91 Å². The van der Waals surface area contributed by atoms with Gasteiger partial charge in [0.15, 0.2) is 0 Å². The Bertz CT molecular complexity index is 871. The lowest BCUT2D eigenvalue weighted by molar-refractivity contribution is -0.383. The summed E-state index contributed by atoms with van der Waals surface area (Å²) in [5.74, 6) is 0.834. The summed E-state index contributed by atoms with van der Waals surface area (Å²) >= 11 is 0. The summed E-state index contributed by atoms with van der Waals surface area (Å²) in [6.07, 6.45) is 8.54. The SMILES string of the molecule is O=C(CC1CCCCC1)N1CCN(c2ccc([N+](=O)[O-])c3cccnc23)CC1. The number of aromatic nitrogens is 1. The van der Waals surface area contributed by atoms with Crippen LogP contribution in [0.2, 0.25) is 0 Å². The number of anilines is 1. The number of nitrogens with zero attached hydrogens (tertiary/aromatic N) is 4. The van der Waals surface area contributed by atoms with Gasteiger partial charge < -0.3 is 9.80 Å². The minimum Gasteiger partial charge on any atom is -0.366 e. The second-order valence-electron chi connectivity index (χ2n) is 7.84. The van der Waals surface area contributed by atoms with E-state index in [9.17, 15) is 14.9 Å². The molecule has 4 rings (SSSR count). The van der Waals surface area contributed by atoms with Gasteiger partial charge in [-0.1, -0.05) is 19.3 Å². The van der Waals surface area contributed by atoms with Crippen LogP contribution in [0.3, 0.4) is 0 Å². The normalized spacial score (nSPS) is 18.4. The largest absolute Gasteiger partial charge is 0.366 e. The number of benzene rings is 1. The molecule has 1 saturated carbocycles. The molecule has 0 N–H and O–H groups in total. The van der Waals surface area contributed by atoms with Crippen LogP contribution in [0.1, 0.15) is 38.5 Å². The Morgan fingerprint density at radius 2 is 1.86 bits per heavy atom. The van der Waals surface area contributed by atoms with Gasteiger partial charge in [-0.15, -0.1) is 0 Å². The molecule has 0 radical (unpaired) electrons.